The van der Waals surface area contributed by atoms with Gasteiger partial charge in [-0.2, -0.15) is 0 Å². The molecule has 0 aliphatic rings. The predicted molar refractivity (Wildman–Crippen MR) is 73.1 cm³/mol. The SMILES string of the molecule is NS(=O)(=O)Cc1ccc(CNC(=O)c2ccoc2)cc1. The quantitative estimate of drug-likeness (QED) is 0.858. The van der Waals surface area contributed by atoms with Gasteiger partial charge in [-0.05, 0) is 17.2 Å². The molecule has 0 saturated carbocycles. The lowest BCUT2D eigenvalue weighted by Crippen LogP contribution is -2.22. The lowest BCUT2D eigenvalue weighted by atomic mass is 10.1. The van der Waals surface area contributed by atoms with Crippen LogP contribution in [-0.4, -0.2) is 14.3 Å². The number of hydrogen-bond acceptors (Lipinski definition) is 4. The molecule has 2 aromatic rings. The third kappa shape index (κ3) is 4.22. The molecule has 0 aliphatic heterocycles. The molecule has 0 atom stereocenters. The Bertz CT molecular complexity index is 676. The van der Waals surface area contributed by atoms with E-state index in [-0.39, 0.29) is 11.7 Å². The van der Waals surface area contributed by atoms with Gasteiger partial charge in [-0.1, -0.05) is 24.3 Å². The molecule has 1 heterocycles. The van der Waals surface area contributed by atoms with Gasteiger partial charge in [0.1, 0.15) is 6.26 Å². The van der Waals surface area contributed by atoms with Crippen LogP contribution >= 0.6 is 0 Å². The van der Waals surface area contributed by atoms with Crippen LogP contribution in [0.1, 0.15) is 21.5 Å². The monoisotopic (exact) mass is 294 g/mol. The second-order valence-electron chi connectivity index (χ2n) is 4.32. The standard InChI is InChI=1S/C13H14N2O4S/c14-20(17,18)9-11-3-1-10(2-4-11)7-15-13(16)12-5-6-19-8-12/h1-6,8H,7,9H2,(H,15,16)(H2,14,17,18). The highest BCUT2D eigenvalue weighted by molar-refractivity contribution is 7.88. The maximum absolute atomic E-state index is 11.7. The first-order valence-electron chi connectivity index (χ1n) is 5.83. The molecule has 0 spiro atoms. The zero-order valence-corrected chi connectivity index (χ0v) is 11.4. The summed E-state index contributed by atoms with van der Waals surface area (Å²) in [7, 11) is -3.53. The molecule has 1 aromatic heterocycles. The molecule has 0 fully saturated rings. The number of benzene rings is 1. The van der Waals surface area contributed by atoms with Crippen LogP contribution in [0.15, 0.2) is 47.3 Å². The van der Waals surface area contributed by atoms with E-state index in [1.165, 1.54) is 12.5 Å². The van der Waals surface area contributed by atoms with Crippen LogP contribution in [0.25, 0.3) is 0 Å². The smallest absolute Gasteiger partial charge is 0.254 e. The van der Waals surface area contributed by atoms with Crippen LogP contribution < -0.4 is 10.5 Å². The predicted octanol–water partition coefficient (Wildman–Crippen LogP) is 0.998. The topological polar surface area (TPSA) is 102 Å². The van der Waals surface area contributed by atoms with Gasteiger partial charge < -0.3 is 9.73 Å². The Labute approximate surface area is 116 Å². The van der Waals surface area contributed by atoms with Gasteiger partial charge in [-0.15, -0.1) is 0 Å². The Kier molecular flexibility index (Phi) is 4.21. The zero-order valence-electron chi connectivity index (χ0n) is 10.6. The van der Waals surface area contributed by atoms with Gasteiger partial charge in [0.2, 0.25) is 10.0 Å². The van der Waals surface area contributed by atoms with E-state index in [1.54, 1.807) is 30.3 Å². The number of rotatable bonds is 5. The van der Waals surface area contributed by atoms with Crippen LogP contribution in [0.3, 0.4) is 0 Å². The third-order valence-electron chi connectivity index (χ3n) is 2.63. The summed E-state index contributed by atoms with van der Waals surface area (Å²) in [6.07, 6.45) is 2.79. The normalized spacial score (nSPS) is 11.2. The van der Waals surface area contributed by atoms with Gasteiger partial charge in [0.05, 0.1) is 17.6 Å². The molecule has 7 heteroatoms. The van der Waals surface area contributed by atoms with Gasteiger partial charge in [0.15, 0.2) is 0 Å². The largest absolute Gasteiger partial charge is 0.472 e. The number of furan rings is 1. The number of sulfonamides is 1. The van der Waals surface area contributed by atoms with Gasteiger partial charge >= 0.3 is 0 Å². The molecule has 106 valence electrons. The van der Waals surface area contributed by atoms with E-state index >= 15 is 0 Å². The molecule has 0 unspecified atom stereocenters. The average Bonchev–Trinajstić information content (AvgIpc) is 2.89. The molecule has 6 nitrogen and oxygen atoms in total. The van der Waals surface area contributed by atoms with Crippen LogP contribution in [0.4, 0.5) is 0 Å². The number of amides is 1. The van der Waals surface area contributed by atoms with E-state index in [4.69, 9.17) is 9.56 Å². The number of carbonyl (C=O) groups excluding carboxylic acids is 1. The summed E-state index contributed by atoms with van der Waals surface area (Å²) in [6.45, 7) is 0.347. The Morgan fingerprint density at radius 3 is 2.35 bits per heavy atom. The maximum Gasteiger partial charge on any atom is 0.254 e. The Balaban J connectivity index is 1.93. The van der Waals surface area contributed by atoms with Crippen LogP contribution in [-0.2, 0) is 22.3 Å². The Morgan fingerprint density at radius 1 is 1.15 bits per heavy atom. The Morgan fingerprint density at radius 2 is 1.80 bits per heavy atom. The Hall–Kier alpha value is -2.12. The highest BCUT2D eigenvalue weighted by Gasteiger charge is 2.07. The first-order valence-corrected chi connectivity index (χ1v) is 7.54. The van der Waals surface area contributed by atoms with Crippen molar-refractivity contribution in [3.63, 3.8) is 0 Å². The van der Waals surface area contributed by atoms with E-state index in [1.807, 2.05) is 0 Å². The molecule has 3 N–H and O–H groups in total. The zero-order chi connectivity index (χ0) is 14.6. The molecule has 0 saturated heterocycles. The number of carbonyl (C=O) groups is 1. The summed E-state index contributed by atoms with van der Waals surface area (Å²) in [4.78, 5) is 11.7. The lowest BCUT2D eigenvalue weighted by molar-refractivity contribution is 0.0950. The molecule has 20 heavy (non-hydrogen) atoms. The van der Waals surface area contributed by atoms with Crippen molar-refractivity contribution >= 4 is 15.9 Å². The summed E-state index contributed by atoms with van der Waals surface area (Å²) in [5.41, 5.74) is 1.92. The minimum Gasteiger partial charge on any atom is -0.472 e. The van der Waals surface area contributed by atoms with Crippen LogP contribution in [0.5, 0.6) is 0 Å². The summed E-state index contributed by atoms with van der Waals surface area (Å²) >= 11 is 0. The van der Waals surface area contributed by atoms with E-state index in [0.717, 1.165) is 5.56 Å². The minimum atomic E-state index is -3.53. The first kappa shape index (κ1) is 14.3. The lowest BCUT2D eigenvalue weighted by Gasteiger charge is -2.05. The van der Waals surface area contributed by atoms with Crippen molar-refractivity contribution in [2.45, 2.75) is 12.3 Å². The molecule has 2 rings (SSSR count). The summed E-state index contributed by atoms with van der Waals surface area (Å²) in [6, 6.07) is 8.41. The highest BCUT2D eigenvalue weighted by Crippen LogP contribution is 2.07. The summed E-state index contributed by atoms with van der Waals surface area (Å²) in [5, 5.41) is 7.69. The number of nitrogens with one attached hydrogen (secondary N) is 1. The molecule has 1 amide bonds. The highest BCUT2D eigenvalue weighted by atomic mass is 32.2. The molecular weight excluding hydrogens is 280 g/mol. The first-order chi connectivity index (χ1) is 9.44. The van der Waals surface area contributed by atoms with E-state index in [9.17, 15) is 13.2 Å². The van der Waals surface area contributed by atoms with Crippen LogP contribution in [0, 0.1) is 0 Å². The molecule has 0 aliphatic carbocycles. The van der Waals surface area contributed by atoms with E-state index < -0.39 is 10.0 Å². The maximum atomic E-state index is 11.7. The van der Waals surface area contributed by atoms with E-state index in [0.29, 0.717) is 17.7 Å². The van der Waals surface area contributed by atoms with Crippen molar-refractivity contribution in [2.24, 2.45) is 5.14 Å². The second-order valence-corrected chi connectivity index (χ2v) is 5.93. The fourth-order valence-corrected chi connectivity index (χ4v) is 2.32. The average molecular weight is 294 g/mol. The number of nitrogens with two attached hydrogens (primary N) is 1. The van der Waals surface area contributed by atoms with Crippen molar-refractivity contribution in [2.75, 3.05) is 0 Å². The van der Waals surface area contributed by atoms with E-state index in [2.05, 4.69) is 5.32 Å². The number of primary sulfonamides is 1. The summed E-state index contributed by atoms with van der Waals surface area (Å²) < 4.78 is 26.7. The van der Waals surface area contributed by atoms with Gasteiger partial charge in [0, 0.05) is 6.54 Å². The van der Waals surface area contributed by atoms with Crippen molar-refractivity contribution in [3.05, 3.63) is 59.5 Å². The second kappa shape index (κ2) is 5.89. The molecule has 0 radical (unpaired) electrons. The fraction of sp³-hybridized carbons (Fsp3) is 0.154. The summed E-state index contributed by atoms with van der Waals surface area (Å²) in [5.74, 6) is -0.429. The van der Waals surface area contributed by atoms with Crippen molar-refractivity contribution in [1.82, 2.24) is 5.32 Å². The van der Waals surface area contributed by atoms with Gasteiger partial charge in [-0.25, -0.2) is 13.6 Å². The number of hydrogen-bond donors (Lipinski definition) is 2. The molecule has 1 aromatic carbocycles. The van der Waals surface area contributed by atoms with Crippen molar-refractivity contribution < 1.29 is 17.6 Å². The van der Waals surface area contributed by atoms with Crippen LogP contribution in [0.2, 0.25) is 0 Å². The fourth-order valence-electron chi connectivity index (χ4n) is 1.66. The van der Waals surface area contributed by atoms with Gasteiger partial charge in [-0.3, -0.25) is 4.79 Å². The van der Waals surface area contributed by atoms with Crippen molar-refractivity contribution in [1.29, 1.82) is 0 Å². The van der Waals surface area contributed by atoms with Crippen molar-refractivity contribution in [3.8, 4) is 0 Å². The molecule has 0 bridgehead atoms. The third-order valence-corrected chi connectivity index (χ3v) is 3.36. The molecular formula is C13H14N2O4S. The minimum absolute atomic E-state index is 0.200. The van der Waals surface area contributed by atoms with Gasteiger partial charge in [0.25, 0.3) is 5.91 Å².